The fourth-order valence-corrected chi connectivity index (χ4v) is 3.30. The van der Waals surface area contributed by atoms with E-state index in [2.05, 4.69) is 10.3 Å². The molecule has 28 heavy (non-hydrogen) atoms. The van der Waals surface area contributed by atoms with E-state index in [4.69, 9.17) is 0 Å². The molecule has 3 rings (SSSR count). The van der Waals surface area contributed by atoms with Crippen LogP contribution in [0.2, 0.25) is 0 Å². The molecule has 150 valence electrons. The summed E-state index contributed by atoms with van der Waals surface area (Å²) in [4.78, 5) is 18.3. The number of nitrogens with one attached hydrogen (secondary N) is 1. The number of anilines is 2. The Hall–Kier alpha value is -2.57. The lowest BCUT2D eigenvalue weighted by atomic mass is 9.92. The van der Waals surface area contributed by atoms with Gasteiger partial charge in [0, 0.05) is 25.6 Å². The van der Waals surface area contributed by atoms with Crippen LogP contribution in [0.25, 0.3) is 0 Å². The fraction of sp³-hybridized carbons (Fsp3) is 0.429. The van der Waals surface area contributed by atoms with Crippen LogP contribution in [0.15, 0.2) is 24.3 Å². The molecule has 0 saturated heterocycles. The first-order chi connectivity index (χ1) is 13.1. The van der Waals surface area contributed by atoms with Crippen LogP contribution >= 0.6 is 0 Å². The molecule has 1 aromatic carbocycles. The van der Waals surface area contributed by atoms with Gasteiger partial charge in [-0.15, -0.1) is 0 Å². The highest BCUT2D eigenvalue weighted by Gasteiger charge is 2.23. The molecule has 0 spiro atoms. The second-order valence-electron chi connectivity index (χ2n) is 8.34. The van der Waals surface area contributed by atoms with Crippen LogP contribution in [-0.4, -0.2) is 17.4 Å². The van der Waals surface area contributed by atoms with Crippen LogP contribution in [0.3, 0.4) is 0 Å². The first kappa shape index (κ1) is 20.2. The highest BCUT2D eigenvalue weighted by atomic mass is 19.2. The summed E-state index contributed by atoms with van der Waals surface area (Å²) in [7, 11) is 0. The number of carbonyl (C=O) groups excluding carboxylic acids is 1. The minimum Gasteiger partial charge on any atom is -0.366 e. The number of hydrogen-bond donors (Lipinski definition) is 1. The number of aryl methyl sites for hydroxylation is 1. The molecule has 1 N–H and O–H groups in total. The second-order valence-corrected chi connectivity index (χ2v) is 8.34. The predicted molar refractivity (Wildman–Crippen MR) is 103 cm³/mol. The molecule has 0 saturated carbocycles. The Morgan fingerprint density at radius 2 is 1.89 bits per heavy atom. The van der Waals surface area contributed by atoms with Crippen molar-refractivity contribution in [3.63, 3.8) is 0 Å². The molecular formula is C21H24F3N3O. The van der Waals surface area contributed by atoms with Gasteiger partial charge in [-0.3, -0.25) is 4.79 Å². The molecule has 0 aliphatic carbocycles. The zero-order chi connectivity index (χ0) is 20.5. The van der Waals surface area contributed by atoms with E-state index < -0.39 is 17.5 Å². The van der Waals surface area contributed by atoms with Crippen LogP contribution in [0, 0.1) is 22.9 Å². The highest BCUT2D eigenvalue weighted by Crippen LogP contribution is 2.31. The molecule has 1 amide bonds. The Bertz CT molecular complexity index is 893. The van der Waals surface area contributed by atoms with Crippen molar-refractivity contribution in [3.8, 4) is 0 Å². The summed E-state index contributed by atoms with van der Waals surface area (Å²) in [6.45, 7) is 6.77. The van der Waals surface area contributed by atoms with Gasteiger partial charge in [-0.25, -0.2) is 18.2 Å². The zero-order valence-corrected chi connectivity index (χ0v) is 16.3. The maximum Gasteiger partial charge on any atom is 0.226 e. The van der Waals surface area contributed by atoms with Crippen molar-refractivity contribution in [1.82, 2.24) is 4.98 Å². The van der Waals surface area contributed by atoms with E-state index in [1.54, 1.807) is 0 Å². The van der Waals surface area contributed by atoms with Gasteiger partial charge in [0.1, 0.15) is 0 Å². The summed E-state index contributed by atoms with van der Waals surface area (Å²) in [6.07, 6.45) is 1.71. The molecule has 0 atom stereocenters. The van der Waals surface area contributed by atoms with E-state index in [1.807, 2.05) is 25.7 Å². The van der Waals surface area contributed by atoms with Crippen molar-refractivity contribution in [3.05, 3.63) is 53.0 Å². The average Bonchev–Trinajstić information content (AvgIpc) is 2.58. The molecule has 0 unspecified atom stereocenters. The second kappa shape index (κ2) is 7.81. The van der Waals surface area contributed by atoms with Crippen LogP contribution in [0.1, 0.15) is 44.9 Å². The Balaban J connectivity index is 1.81. The molecule has 0 fully saturated rings. The lowest BCUT2D eigenvalue weighted by molar-refractivity contribution is -0.117. The average molecular weight is 391 g/mol. The van der Waals surface area contributed by atoms with Crippen molar-refractivity contribution < 1.29 is 18.0 Å². The monoisotopic (exact) mass is 391 g/mol. The number of fused-ring (bicyclic) bond motifs is 1. The molecule has 0 bridgehead atoms. The summed E-state index contributed by atoms with van der Waals surface area (Å²) in [5.74, 6) is -2.77. The lowest BCUT2D eigenvalue weighted by Gasteiger charge is -2.31. The first-order valence-corrected chi connectivity index (χ1v) is 9.30. The summed E-state index contributed by atoms with van der Waals surface area (Å²) in [5, 5.41) is 2.56. The van der Waals surface area contributed by atoms with Crippen LogP contribution in [-0.2, 0) is 17.8 Å². The van der Waals surface area contributed by atoms with Gasteiger partial charge in [-0.2, -0.15) is 0 Å². The zero-order valence-electron chi connectivity index (χ0n) is 16.3. The van der Waals surface area contributed by atoms with Crippen molar-refractivity contribution in [2.24, 2.45) is 5.41 Å². The quantitative estimate of drug-likeness (QED) is 0.812. The molecule has 2 aromatic rings. The number of nitrogens with zero attached hydrogens (tertiary/aromatic N) is 2. The maximum absolute atomic E-state index is 14.6. The van der Waals surface area contributed by atoms with Gasteiger partial charge in [0.2, 0.25) is 5.91 Å². The molecule has 2 heterocycles. The minimum absolute atomic E-state index is 0.0670. The van der Waals surface area contributed by atoms with Gasteiger partial charge < -0.3 is 10.2 Å². The van der Waals surface area contributed by atoms with Gasteiger partial charge in [0.05, 0.1) is 11.4 Å². The smallest absolute Gasteiger partial charge is 0.226 e. The van der Waals surface area contributed by atoms with E-state index in [0.29, 0.717) is 36.5 Å². The standard InChI is InChI=1S/C21H24F3N3O/c1-21(2,3)11-19(28)26-20-16(24)10-18-17(25-20)5-4-8-27(18)12-13-6-7-14(22)15(23)9-13/h6-7,9-10H,4-5,8,11-12H2,1-3H3,(H,25,26,28). The SMILES string of the molecule is CC(C)(C)CC(=O)Nc1nc2c(cc1F)N(Cc1ccc(F)c(F)c1)CCC2. The number of aromatic nitrogens is 1. The van der Waals surface area contributed by atoms with Crippen LogP contribution in [0.4, 0.5) is 24.7 Å². The van der Waals surface area contributed by atoms with E-state index in [0.717, 1.165) is 18.6 Å². The normalized spacial score (nSPS) is 14.0. The third kappa shape index (κ3) is 4.82. The molecule has 7 heteroatoms. The van der Waals surface area contributed by atoms with E-state index in [-0.39, 0.29) is 23.6 Å². The number of halogens is 3. The van der Waals surface area contributed by atoms with Gasteiger partial charge in [-0.1, -0.05) is 26.8 Å². The van der Waals surface area contributed by atoms with Crippen LogP contribution in [0.5, 0.6) is 0 Å². The summed E-state index contributed by atoms with van der Waals surface area (Å²) in [6, 6.07) is 5.10. The molecular weight excluding hydrogens is 367 g/mol. The van der Waals surface area contributed by atoms with E-state index >= 15 is 0 Å². The van der Waals surface area contributed by atoms with E-state index in [9.17, 15) is 18.0 Å². The largest absolute Gasteiger partial charge is 0.366 e. The predicted octanol–water partition coefficient (Wildman–Crippen LogP) is 4.83. The van der Waals surface area contributed by atoms with Gasteiger partial charge in [0.25, 0.3) is 0 Å². The van der Waals surface area contributed by atoms with E-state index in [1.165, 1.54) is 12.1 Å². The lowest BCUT2D eigenvalue weighted by Crippen LogP contribution is -2.30. The molecule has 1 aliphatic heterocycles. The van der Waals surface area contributed by atoms with Crippen molar-refractivity contribution in [2.45, 2.75) is 46.6 Å². The molecule has 1 aromatic heterocycles. The number of pyridine rings is 1. The Morgan fingerprint density at radius 1 is 1.14 bits per heavy atom. The van der Waals surface area contributed by atoms with Gasteiger partial charge in [-0.05, 0) is 36.0 Å². The van der Waals surface area contributed by atoms with Crippen molar-refractivity contribution in [1.29, 1.82) is 0 Å². The maximum atomic E-state index is 14.6. The van der Waals surface area contributed by atoms with Crippen molar-refractivity contribution in [2.75, 3.05) is 16.8 Å². The van der Waals surface area contributed by atoms with Gasteiger partial charge in [0.15, 0.2) is 23.3 Å². The Morgan fingerprint density at radius 3 is 2.57 bits per heavy atom. The topological polar surface area (TPSA) is 45.2 Å². The summed E-state index contributed by atoms with van der Waals surface area (Å²) in [5.41, 5.74) is 1.68. The number of benzene rings is 1. The minimum atomic E-state index is -0.907. The summed E-state index contributed by atoms with van der Waals surface area (Å²) < 4.78 is 41.2. The Labute approximate surface area is 162 Å². The molecule has 0 radical (unpaired) electrons. The number of carbonyl (C=O) groups is 1. The number of amides is 1. The third-order valence-electron chi connectivity index (χ3n) is 4.52. The highest BCUT2D eigenvalue weighted by molar-refractivity contribution is 5.90. The van der Waals surface area contributed by atoms with Crippen molar-refractivity contribution >= 4 is 17.4 Å². The fourth-order valence-electron chi connectivity index (χ4n) is 3.30. The van der Waals surface area contributed by atoms with Gasteiger partial charge >= 0.3 is 0 Å². The van der Waals surface area contributed by atoms with Crippen LogP contribution < -0.4 is 10.2 Å². The first-order valence-electron chi connectivity index (χ1n) is 9.30. The molecule has 1 aliphatic rings. The summed E-state index contributed by atoms with van der Waals surface area (Å²) >= 11 is 0. The third-order valence-corrected chi connectivity index (χ3v) is 4.52. The Kier molecular flexibility index (Phi) is 5.63. The number of hydrogen-bond acceptors (Lipinski definition) is 3. The number of rotatable bonds is 4. The molecule has 4 nitrogen and oxygen atoms in total.